The molecular weight excluding hydrogens is 288 g/mol. The molecule has 1 saturated carbocycles. The van der Waals surface area contributed by atoms with Gasteiger partial charge in [0.2, 0.25) is 0 Å². The molecule has 0 radical (unpaired) electrons. The molecule has 0 bridgehead atoms. The van der Waals surface area contributed by atoms with E-state index in [4.69, 9.17) is 9.47 Å². The topological polar surface area (TPSA) is 33.7 Å². The molecule has 0 spiro atoms. The van der Waals surface area contributed by atoms with Crippen molar-refractivity contribution in [3.8, 4) is 5.75 Å². The van der Waals surface area contributed by atoms with E-state index in [-0.39, 0.29) is 0 Å². The standard InChI is InChI=1S/C19H28N2O2/c1-13-12-23-17-11-15-5-7-20-8-6-16(15)18(14-3-4-14)19(17)21(13)9-10-22-2/h11,13-14,20H,3-10,12H2,1-2H3/t13-/m0/s1. The monoisotopic (exact) mass is 316 g/mol. The zero-order chi connectivity index (χ0) is 15.8. The number of rotatable bonds is 4. The van der Waals surface area contributed by atoms with Gasteiger partial charge in [0, 0.05) is 13.7 Å². The molecule has 0 amide bonds. The van der Waals surface area contributed by atoms with Crippen LogP contribution in [0.15, 0.2) is 6.07 Å². The number of methoxy groups -OCH3 is 1. The number of benzene rings is 1. The van der Waals surface area contributed by atoms with E-state index in [1.165, 1.54) is 24.1 Å². The maximum atomic E-state index is 6.17. The van der Waals surface area contributed by atoms with Gasteiger partial charge in [0.05, 0.1) is 18.3 Å². The van der Waals surface area contributed by atoms with Crippen molar-refractivity contribution >= 4 is 5.69 Å². The molecule has 1 aromatic rings. The summed E-state index contributed by atoms with van der Waals surface area (Å²) in [6, 6.07) is 2.74. The maximum Gasteiger partial charge on any atom is 0.143 e. The molecule has 0 unspecified atom stereocenters. The third kappa shape index (κ3) is 2.83. The van der Waals surface area contributed by atoms with Gasteiger partial charge in [-0.25, -0.2) is 0 Å². The molecular formula is C19H28N2O2. The van der Waals surface area contributed by atoms with Gasteiger partial charge in [-0.1, -0.05) is 0 Å². The average Bonchev–Trinajstić information content (AvgIpc) is 3.39. The van der Waals surface area contributed by atoms with E-state index in [9.17, 15) is 0 Å². The fourth-order valence-corrected chi connectivity index (χ4v) is 4.10. The second-order valence-electron chi connectivity index (χ2n) is 7.15. The Balaban J connectivity index is 1.83. The highest BCUT2D eigenvalue weighted by Crippen LogP contribution is 2.52. The molecule has 1 aliphatic carbocycles. The third-order valence-corrected chi connectivity index (χ3v) is 5.45. The van der Waals surface area contributed by atoms with Crippen LogP contribution in [0.2, 0.25) is 0 Å². The molecule has 0 saturated heterocycles. The molecule has 3 aliphatic rings. The van der Waals surface area contributed by atoms with Gasteiger partial charge in [-0.2, -0.15) is 0 Å². The number of anilines is 1. The van der Waals surface area contributed by atoms with Crippen LogP contribution in [-0.2, 0) is 17.6 Å². The highest BCUT2D eigenvalue weighted by Gasteiger charge is 2.36. The predicted octanol–water partition coefficient (Wildman–Crippen LogP) is 2.49. The van der Waals surface area contributed by atoms with Crippen LogP contribution in [0.1, 0.15) is 42.4 Å². The number of fused-ring (bicyclic) bond motifs is 2. The minimum absolute atomic E-state index is 0.414. The Labute approximate surface area is 139 Å². The molecule has 0 aromatic heterocycles. The minimum atomic E-state index is 0.414. The van der Waals surface area contributed by atoms with Crippen molar-refractivity contribution < 1.29 is 9.47 Å². The molecule has 2 heterocycles. The quantitative estimate of drug-likeness (QED) is 0.925. The summed E-state index contributed by atoms with van der Waals surface area (Å²) in [6.07, 6.45) is 4.95. The van der Waals surface area contributed by atoms with Crippen molar-refractivity contribution in [1.29, 1.82) is 0 Å². The number of hydrogen-bond donors (Lipinski definition) is 1. The van der Waals surface area contributed by atoms with Crippen molar-refractivity contribution in [2.75, 3.05) is 44.9 Å². The molecule has 1 atom stereocenters. The Hall–Kier alpha value is -1.26. The molecule has 23 heavy (non-hydrogen) atoms. The number of nitrogens with zero attached hydrogens (tertiary/aromatic N) is 1. The first kappa shape index (κ1) is 15.3. The Morgan fingerprint density at radius 2 is 2.13 bits per heavy atom. The van der Waals surface area contributed by atoms with Crippen LogP contribution in [0.5, 0.6) is 5.75 Å². The van der Waals surface area contributed by atoms with E-state index in [0.717, 1.165) is 57.4 Å². The first-order valence-electron chi connectivity index (χ1n) is 9.07. The summed E-state index contributed by atoms with van der Waals surface area (Å²) >= 11 is 0. The van der Waals surface area contributed by atoms with Gasteiger partial charge in [-0.05, 0) is 74.4 Å². The fourth-order valence-electron chi connectivity index (χ4n) is 4.10. The van der Waals surface area contributed by atoms with Crippen LogP contribution >= 0.6 is 0 Å². The van der Waals surface area contributed by atoms with Crippen molar-refractivity contribution in [3.63, 3.8) is 0 Å². The van der Waals surface area contributed by atoms with Gasteiger partial charge >= 0.3 is 0 Å². The summed E-state index contributed by atoms with van der Waals surface area (Å²) in [7, 11) is 1.79. The first-order valence-corrected chi connectivity index (χ1v) is 9.07. The SMILES string of the molecule is COCCN1c2c(cc3c(c2C2CC2)CCNCC3)OC[C@@H]1C. The summed E-state index contributed by atoms with van der Waals surface area (Å²) in [5, 5.41) is 3.55. The molecule has 2 aliphatic heterocycles. The summed E-state index contributed by atoms with van der Waals surface area (Å²) < 4.78 is 11.5. The largest absolute Gasteiger partial charge is 0.489 e. The second kappa shape index (κ2) is 6.33. The van der Waals surface area contributed by atoms with Gasteiger partial charge in [0.1, 0.15) is 12.4 Å². The van der Waals surface area contributed by atoms with Crippen molar-refractivity contribution in [2.45, 2.75) is 44.6 Å². The summed E-state index contributed by atoms with van der Waals surface area (Å²) in [5.74, 6) is 1.86. The van der Waals surface area contributed by atoms with E-state index in [2.05, 4.69) is 23.2 Å². The number of hydrogen-bond acceptors (Lipinski definition) is 4. The second-order valence-corrected chi connectivity index (χ2v) is 7.15. The van der Waals surface area contributed by atoms with E-state index in [1.807, 2.05) is 0 Å². The molecule has 4 rings (SSSR count). The third-order valence-electron chi connectivity index (χ3n) is 5.45. The van der Waals surface area contributed by atoms with Crippen LogP contribution in [0.3, 0.4) is 0 Å². The zero-order valence-corrected chi connectivity index (χ0v) is 14.4. The van der Waals surface area contributed by atoms with E-state index < -0.39 is 0 Å². The van der Waals surface area contributed by atoms with E-state index >= 15 is 0 Å². The normalized spacial score (nSPS) is 23.7. The summed E-state index contributed by atoms with van der Waals surface area (Å²) in [5.41, 5.74) is 6.10. The lowest BCUT2D eigenvalue weighted by Crippen LogP contribution is -2.43. The van der Waals surface area contributed by atoms with Gasteiger partial charge in [-0.15, -0.1) is 0 Å². The molecule has 1 N–H and O–H groups in total. The molecule has 126 valence electrons. The molecule has 1 fully saturated rings. The lowest BCUT2D eigenvalue weighted by atomic mass is 9.90. The first-order chi connectivity index (χ1) is 11.3. The van der Waals surface area contributed by atoms with Crippen LogP contribution in [0.25, 0.3) is 0 Å². The average molecular weight is 316 g/mol. The Kier molecular flexibility index (Phi) is 4.20. The van der Waals surface area contributed by atoms with Gasteiger partial charge < -0.3 is 19.7 Å². The van der Waals surface area contributed by atoms with Crippen molar-refractivity contribution in [3.05, 3.63) is 22.8 Å². The van der Waals surface area contributed by atoms with Gasteiger partial charge in [0.15, 0.2) is 0 Å². The highest BCUT2D eigenvalue weighted by molar-refractivity contribution is 5.71. The number of nitrogens with one attached hydrogen (secondary N) is 1. The van der Waals surface area contributed by atoms with Crippen LogP contribution in [0.4, 0.5) is 5.69 Å². The van der Waals surface area contributed by atoms with E-state index in [0.29, 0.717) is 6.04 Å². The lowest BCUT2D eigenvalue weighted by molar-refractivity contribution is 0.195. The van der Waals surface area contributed by atoms with Crippen LogP contribution in [-0.4, -0.2) is 46.0 Å². The van der Waals surface area contributed by atoms with E-state index in [1.54, 1.807) is 18.2 Å². The Bertz CT molecular complexity index is 583. The fraction of sp³-hybridized carbons (Fsp3) is 0.684. The molecule has 1 aromatic carbocycles. The highest BCUT2D eigenvalue weighted by atomic mass is 16.5. The minimum Gasteiger partial charge on any atom is -0.489 e. The van der Waals surface area contributed by atoms with Crippen molar-refractivity contribution in [2.24, 2.45) is 0 Å². The number of ether oxygens (including phenoxy) is 2. The Morgan fingerprint density at radius 3 is 2.91 bits per heavy atom. The zero-order valence-electron chi connectivity index (χ0n) is 14.4. The smallest absolute Gasteiger partial charge is 0.143 e. The van der Waals surface area contributed by atoms with Crippen LogP contribution < -0.4 is 15.0 Å². The molecule has 4 heteroatoms. The maximum absolute atomic E-state index is 6.17. The summed E-state index contributed by atoms with van der Waals surface area (Å²) in [6.45, 7) is 6.94. The van der Waals surface area contributed by atoms with Crippen molar-refractivity contribution in [1.82, 2.24) is 5.32 Å². The molecule has 4 nitrogen and oxygen atoms in total. The summed E-state index contributed by atoms with van der Waals surface area (Å²) in [4.78, 5) is 2.54. The predicted molar refractivity (Wildman–Crippen MR) is 92.9 cm³/mol. The van der Waals surface area contributed by atoms with Gasteiger partial charge in [0.25, 0.3) is 0 Å². The van der Waals surface area contributed by atoms with Gasteiger partial charge in [-0.3, -0.25) is 0 Å². The Morgan fingerprint density at radius 1 is 1.30 bits per heavy atom. The van der Waals surface area contributed by atoms with Crippen LogP contribution in [0, 0.1) is 0 Å². The lowest BCUT2D eigenvalue weighted by Gasteiger charge is -2.39.